The van der Waals surface area contributed by atoms with Gasteiger partial charge >= 0.3 is 0 Å². The Bertz CT molecular complexity index is 823. The lowest BCUT2D eigenvalue weighted by Gasteiger charge is -2.30. The molecule has 1 aromatic heterocycles. The molecule has 118 valence electrons. The van der Waals surface area contributed by atoms with Crippen LogP contribution in [0.15, 0.2) is 55.1 Å². The smallest absolute Gasteiger partial charge is 0.137 e. The summed E-state index contributed by atoms with van der Waals surface area (Å²) in [5.41, 5.74) is -0.314. The maximum absolute atomic E-state index is 11.4. The predicted molar refractivity (Wildman–Crippen MR) is 90.9 cm³/mol. The van der Waals surface area contributed by atoms with Gasteiger partial charge in [-0.3, -0.25) is 0 Å². The van der Waals surface area contributed by atoms with Gasteiger partial charge in [-0.25, -0.2) is 9.67 Å². The van der Waals surface area contributed by atoms with Crippen molar-refractivity contribution in [2.24, 2.45) is 0 Å². The van der Waals surface area contributed by atoms with Crippen molar-refractivity contribution < 1.29 is 5.11 Å². The van der Waals surface area contributed by atoms with E-state index in [1.165, 1.54) is 17.3 Å². The van der Waals surface area contributed by atoms with Crippen molar-refractivity contribution in [1.29, 1.82) is 0 Å². The zero-order valence-corrected chi connectivity index (χ0v) is 14.1. The van der Waals surface area contributed by atoms with E-state index in [4.69, 9.17) is 34.8 Å². The quantitative estimate of drug-likeness (QED) is 0.752. The number of hydrogen-bond donors (Lipinski definition) is 1. The molecule has 0 bridgehead atoms. The monoisotopic (exact) mass is 367 g/mol. The first-order chi connectivity index (χ1) is 11.0. The molecule has 2 aromatic carbocycles. The largest absolute Gasteiger partial charge is 0.378 e. The molecule has 0 saturated carbocycles. The fraction of sp³-hybridized carbons (Fsp3) is 0.125. The van der Waals surface area contributed by atoms with Crippen LogP contribution in [0.3, 0.4) is 0 Å². The molecule has 0 saturated heterocycles. The van der Waals surface area contributed by atoms with Crippen molar-refractivity contribution in [3.63, 3.8) is 0 Å². The molecule has 1 unspecified atom stereocenters. The number of hydrogen-bond acceptors (Lipinski definition) is 3. The van der Waals surface area contributed by atoms with Gasteiger partial charge < -0.3 is 5.11 Å². The van der Waals surface area contributed by atoms with Gasteiger partial charge in [0.2, 0.25) is 0 Å². The molecule has 0 aliphatic heterocycles. The summed E-state index contributed by atoms with van der Waals surface area (Å²) in [5.74, 6) is 0. The van der Waals surface area contributed by atoms with Gasteiger partial charge in [-0.15, -0.1) is 0 Å². The Balaban J connectivity index is 2.16. The fourth-order valence-corrected chi connectivity index (χ4v) is 3.21. The summed E-state index contributed by atoms with van der Waals surface area (Å²) in [4.78, 5) is 3.91. The number of aliphatic hydroxyl groups is 1. The minimum absolute atomic E-state index is 0.134. The second-order valence-electron chi connectivity index (χ2n) is 5.09. The summed E-state index contributed by atoms with van der Waals surface area (Å²) < 4.78 is 1.53. The van der Waals surface area contributed by atoms with Crippen LogP contribution in [0.4, 0.5) is 0 Å². The third kappa shape index (κ3) is 3.35. The van der Waals surface area contributed by atoms with Crippen molar-refractivity contribution in [3.05, 3.63) is 81.3 Å². The lowest BCUT2D eigenvalue weighted by Crippen LogP contribution is -2.33. The number of benzene rings is 2. The Morgan fingerprint density at radius 2 is 1.83 bits per heavy atom. The highest BCUT2D eigenvalue weighted by atomic mass is 35.5. The van der Waals surface area contributed by atoms with Crippen molar-refractivity contribution in [1.82, 2.24) is 14.8 Å². The van der Waals surface area contributed by atoms with Gasteiger partial charge in [0.05, 0.1) is 6.54 Å². The number of halogens is 3. The summed E-state index contributed by atoms with van der Waals surface area (Å²) >= 11 is 18.4. The average molecular weight is 369 g/mol. The summed E-state index contributed by atoms with van der Waals surface area (Å²) in [6, 6.07) is 12.0. The van der Waals surface area contributed by atoms with E-state index in [0.29, 0.717) is 26.2 Å². The second-order valence-corrected chi connectivity index (χ2v) is 6.37. The Hall–Kier alpha value is -1.59. The van der Waals surface area contributed by atoms with Crippen LogP contribution in [0.2, 0.25) is 15.1 Å². The van der Waals surface area contributed by atoms with Crippen molar-refractivity contribution in [2.45, 2.75) is 12.1 Å². The molecule has 1 N–H and O–H groups in total. The second kappa shape index (κ2) is 6.49. The van der Waals surface area contributed by atoms with Crippen LogP contribution in [-0.4, -0.2) is 19.9 Å². The lowest BCUT2D eigenvalue weighted by molar-refractivity contribution is 0.0573. The SMILES string of the molecule is OC(Cn1cncn1)(c1cccc(Cl)c1)c1ccc(Cl)cc1Cl. The highest BCUT2D eigenvalue weighted by Crippen LogP contribution is 2.37. The van der Waals surface area contributed by atoms with E-state index >= 15 is 0 Å². The van der Waals surface area contributed by atoms with Gasteiger partial charge in [0, 0.05) is 20.6 Å². The zero-order chi connectivity index (χ0) is 16.4. The van der Waals surface area contributed by atoms with Crippen molar-refractivity contribution >= 4 is 34.8 Å². The van der Waals surface area contributed by atoms with Gasteiger partial charge in [-0.1, -0.05) is 53.0 Å². The van der Waals surface area contributed by atoms with Crippen LogP contribution >= 0.6 is 34.8 Å². The van der Waals surface area contributed by atoms with E-state index in [-0.39, 0.29) is 6.54 Å². The summed E-state index contributed by atoms with van der Waals surface area (Å²) in [5, 5.41) is 16.9. The molecule has 23 heavy (non-hydrogen) atoms. The predicted octanol–water partition coefficient (Wildman–Crippen LogP) is 4.17. The zero-order valence-electron chi connectivity index (χ0n) is 11.8. The third-order valence-electron chi connectivity index (χ3n) is 3.54. The normalized spacial score (nSPS) is 13.7. The number of aromatic nitrogens is 3. The van der Waals surface area contributed by atoms with Gasteiger partial charge in [-0.2, -0.15) is 5.10 Å². The summed E-state index contributed by atoms with van der Waals surface area (Å²) in [7, 11) is 0. The standard InChI is InChI=1S/C16H12Cl3N3O/c17-12-3-1-2-11(6-12)16(23,8-22-10-20-9-21-22)14-5-4-13(18)7-15(14)19/h1-7,9-10,23H,8H2. The molecule has 0 aliphatic carbocycles. The van der Waals surface area contributed by atoms with Gasteiger partial charge in [0.1, 0.15) is 18.3 Å². The van der Waals surface area contributed by atoms with E-state index < -0.39 is 5.60 Å². The molecule has 0 amide bonds. The highest BCUT2D eigenvalue weighted by molar-refractivity contribution is 6.35. The minimum Gasteiger partial charge on any atom is -0.378 e. The molecule has 7 heteroatoms. The number of rotatable bonds is 4. The molecule has 0 fully saturated rings. The molecule has 0 spiro atoms. The van der Waals surface area contributed by atoms with Crippen LogP contribution in [0.1, 0.15) is 11.1 Å². The summed E-state index contributed by atoms with van der Waals surface area (Å²) in [6.07, 6.45) is 2.93. The molecular weight excluding hydrogens is 357 g/mol. The highest BCUT2D eigenvalue weighted by Gasteiger charge is 2.35. The average Bonchev–Trinajstić information content (AvgIpc) is 2.99. The Labute approximate surface area is 148 Å². The third-order valence-corrected chi connectivity index (χ3v) is 4.32. The topological polar surface area (TPSA) is 50.9 Å². The van der Waals surface area contributed by atoms with Crippen LogP contribution in [0.5, 0.6) is 0 Å². The first kappa shape index (κ1) is 16.3. The molecule has 3 rings (SSSR count). The molecule has 1 heterocycles. The molecule has 0 aliphatic rings. The maximum Gasteiger partial charge on any atom is 0.137 e. The maximum atomic E-state index is 11.4. The Morgan fingerprint density at radius 3 is 2.48 bits per heavy atom. The first-order valence-electron chi connectivity index (χ1n) is 6.75. The number of nitrogens with zero attached hydrogens (tertiary/aromatic N) is 3. The Kier molecular flexibility index (Phi) is 4.60. The van der Waals surface area contributed by atoms with Crippen LogP contribution in [-0.2, 0) is 12.1 Å². The van der Waals surface area contributed by atoms with Crippen molar-refractivity contribution in [2.75, 3.05) is 0 Å². The van der Waals surface area contributed by atoms with Crippen LogP contribution in [0.25, 0.3) is 0 Å². The van der Waals surface area contributed by atoms with E-state index in [2.05, 4.69) is 10.1 Å². The summed E-state index contributed by atoms with van der Waals surface area (Å²) in [6.45, 7) is 0.134. The molecule has 0 radical (unpaired) electrons. The van der Waals surface area contributed by atoms with E-state index in [0.717, 1.165) is 0 Å². The van der Waals surface area contributed by atoms with Crippen LogP contribution in [0, 0.1) is 0 Å². The molecule has 3 aromatic rings. The van der Waals surface area contributed by atoms with E-state index in [1.807, 2.05) is 0 Å². The fourth-order valence-electron chi connectivity index (χ4n) is 2.45. The van der Waals surface area contributed by atoms with E-state index in [1.54, 1.807) is 42.5 Å². The van der Waals surface area contributed by atoms with Gasteiger partial charge in [0.25, 0.3) is 0 Å². The first-order valence-corrected chi connectivity index (χ1v) is 7.89. The van der Waals surface area contributed by atoms with Gasteiger partial charge in [0.15, 0.2) is 0 Å². The molecule has 1 atom stereocenters. The molecular formula is C16H12Cl3N3O. The van der Waals surface area contributed by atoms with Gasteiger partial charge in [-0.05, 0) is 29.8 Å². The Morgan fingerprint density at radius 1 is 1.04 bits per heavy atom. The molecule has 4 nitrogen and oxygen atoms in total. The van der Waals surface area contributed by atoms with Crippen LogP contribution < -0.4 is 0 Å². The minimum atomic E-state index is -1.43. The lowest BCUT2D eigenvalue weighted by atomic mass is 9.86. The van der Waals surface area contributed by atoms with E-state index in [9.17, 15) is 5.11 Å². The van der Waals surface area contributed by atoms with Crippen molar-refractivity contribution in [3.8, 4) is 0 Å².